The monoisotopic (exact) mass is 299 g/mol. The fourth-order valence-electron chi connectivity index (χ4n) is 2.14. The number of hydrogen-bond donors (Lipinski definition) is 1. The number of rotatable bonds is 5. The summed E-state index contributed by atoms with van der Waals surface area (Å²) in [6.45, 7) is 0.596. The molecule has 0 bridgehead atoms. The summed E-state index contributed by atoms with van der Waals surface area (Å²) in [7, 11) is -3.44. The molecule has 1 heterocycles. The van der Waals surface area contributed by atoms with Crippen molar-refractivity contribution in [2.75, 3.05) is 19.7 Å². The van der Waals surface area contributed by atoms with E-state index in [0.717, 1.165) is 0 Å². The minimum atomic E-state index is -3.44. The number of benzene rings is 1. The largest absolute Gasteiger partial charge is 0.481 e. The molecule has 0 aromatic heterocycles. The van der Waals surface area contributed by atoms with Gasteiger partial charge in [-0.3, -0.25) is 4.79 Å². The first-order chi connectivity index (χ1) is 9.47. The van der Waals surface area contributed by atoms with Crippen molar-refractivity contribution in [3.05, 3.63) is 35.9 Å². The van der Waals surface area contributed by atoms with Crippen LogP contribution in [-0.2, 0) is 25.3 Å². The highest BCUT2D eigenvalue weighted by Gasteiger charge is 2.30. The molecule has 7 heteroatoms. The van der Waals surface area contributed by atoms with Crippen LogP contribution in [0.25, 0.3) is 0 Å². The number of carboxylic acids is 1. The summed E-state index contributed by atoms with van der Waals surface area (Å²) in [5, 5.41) is 8.74. The van der Waals surface area contributed by atoms with Gasteiger partial charge in [0.05, 0.1) is 24.9 Å². The van der Waals surface area contributed by atoms with Gasteiger partial charge in [-0.2, -0.15) is 4.31 Å². The first-order valence-electron chi connectivity index (χ1n) is 6.32. The Morgan fingerprint density at radius 3 is 2.70 bits per heavy atom. The SMILES string of the molecule is O=C(O)CC1CN(S(=O)(=O)Cc2ccccc2)CCO1. The second-order valence-corrected chi connectivity index (χ2v) is 6.66. The third kappa shape index (κ3) is 4.03. The Labute approximate surface area is 118 Å². The fraction of sp³-hybridized carbons (Fsp3) is 0.462. The quantitative estimate of drug-likeness (QED) is 0.865. The van der Waals surface area contributed by atoms with E-state index in [0.29, 0.717) is 5.56 Å². The van der Waals surface area contributed by atoms with Crippen LogP contribution in [0.15, 0.2) is 30.3 Å². The summed E-state index contributed by atoms with van der Waals surface area (Å²) >= 11 is 0. The average molecular weight is 299 g/mol. The number of nitrogens with zero attached hydrogens (tertiary/aromatic N) is 1. The first kappa shape index (κ1) is 15.0. The second kappa shape index (κ2) is 6.34. The Morgan fingerprint density at radius 1 is 1.35 bits per heavy atom. The molecule has 0 spiro atoms. The van der Waals surface area contributed by atoms with Crippen LogP contribution < -0.4 is 0 Å². The molecule has 0 saturated carbocycles. The molecule has 20 heavy (non-hydrogen) atoms. The minimum absolute atomic E-state index is 0.0758. The van der Waals surface area contributed by atoms with E-state index >= 15 is 0 Å². The maximum Gasteiger partial charge on any atom is 0.306 e. The zero-order valence-electron chi connectivity index (χ0n) is 10.9. The highest BCUT2D eigenvalue weighted by Crippen LogP contribution is 2.16. The van der Waals surface area contributed by atoms with Crippen molar-refractivity contribution in [3.63, 3.8) is 0 Å². The third-order valence-corrected chi connectivity index (χ3v) is 4.91. The zero-order valence-corrected chi connectivity index (χ0v) is 11.8. The van der Waals surface area contributed by atoms with Crippen molar-refractivity contribution in [2.45, 2.75) is 18.3 Å². The van der Waals surface area contributed by atoms with Gasteiger partial charge >= 0.3 is 5.97 Å². The van der Waals surface area contributed by atoms with Gasteiger partial charge in [-0.25, -0.2) is 8.42 Å². The van der Waals surface area contributed by atoms with Gasteiger partial charge in [-0.15, -0.1) is 0 Å². The van der Waals surface area contributed by atoms with E-state index in [1.165, 1.54) is 4.31 Å². The maximum atomic E-state index is 12.3. The normalized spacial score (nSPS) is 20.7. The molecular weight excluding hydrogens is 282 g/mol. The van der Waals surface area contributed by atoms with Crippen LogP contribution in [0, 0.1) is 0 Å². The molecule has 2 rings (SSSR count). The number of morpholine rings is 1. The molecule has 0 amide bonds. The van der Waals surface area contributed by atoms with E-state index in [9.17, 15) is 13.2 Å². The molecule has 1 unspecified atom stereocenters. The Balaban J connectivity index is 2.03. The van der Waals surface area contributed by atoms with Crippen LogP contribution in [0.2, 0.25) is 0 Å². The molecule has 1 aromatic carbocycles. The summed E-state index contributed by atoms with van der Waals surface area (Å²) in [6.07, 6.45) is -0.760. The van der Waals surface area contributed by atoms with Crippen LogP contribution in [0.1, 0.15) is 12.0 Å². The molecule has 1 saturated heterocycles. The number of sulfonamides is 1. The number of aliphatic carboxylic acids is 1. The lowest BCUT2D eigenvalue weighted by molar-refractivity contribution is -0.141. The maximum absolute atomic E-state index is 12.3. The summed E-state index contributed by atoms with van der Waals surface area (Å²) < 4.78 is 31.2. The summed E-state index contributed by atoms with van der Waals surface area (Å²) in [5.74, 6) is -1.06. The molecule has 1 aliphatic heterocycles. The predicted octanol–water partition coefficient (Wildman–Crippen LogP) is 0.692. The van der Waals surface area contributed by atoms with Crippen molar-refractivity contribution in [2.24, 2.45) is 0 Å². The van der Waals surface area contributed by atoms with Gasteiger partial charge in [0, 0.05) is 13.1 Å². The van der Waals surface area contributed by atoms with Gasteiger partial charge in [-0.1, -0.05) is 30.3 Å². The summed E-state index contributed by atoms with van der Waals surface area (Å²) in [5.41, 5.74) is 0.716. The molecule has 1 aliphatic rings. The third-order valence-electron chi connectivity index (χ3n) is 3.09. The highest BCUT2D eigenvalue weighted by molar-refractivity contribution is 7.88. The van der Waals surface area contributed by atoms with Crippen molar-refractivity contribution >= 4 is 16.0 Å². The Hall–Kier alpha value is -1.44. The van der Waals surface area contributed by atoms with Crippen molar-refractivity contribution in [3.8, 4) is 0 Å². The zero-order chi connectivity index (χ0) is 14.6. The summed E-state index contributed by atoms with van der Waals surface area (Å²) in [4.78, 5) is 10.7. The Bertz CT molecular complexity index is 557. The number of carboxylic acid groups (broad SMARTS) is 1. The molecule has 1 aromatic rings. The van der Waals surface area contributed by atoms with Crippen LogP contribution in [0.5, 0.6) is 0 Å². The fourth-order valence-corrected chi connectivity index (χ4v) is 3.68. The van der Waals surface area contributed by atoms with Crippen molar-refractivity contribution in [1.82, 2.24) is 4.31 Å². The topological polar surface area (TPSA) is 83.9 Å². The first-order valence-corrected chi connectivity index (χ1v) is 7.93. The lowest BCUT2D eigenvalue weighted by atomic mass is 10.2. The van der Waals surface area contributed by atoms with E-state index in [-0.39, 0.29) is 31.9 Å². The molecule has 0 radical (unpaired) electrons. The molecular formula is C13H17NO5S. The van der Waals surface area contributed by atoms with E-state index < -0.39 is 22.1 Å². The Morgan fingerprint density at radius 2 is 2.05 bits per heavy atom. The standard InChI is InChI=1S/C13H17NO5S/c15-13(16)8-12-9-14(6-7-19-12)20(17,18)10-11-4-2-1-3-5-11/h1-5,12H,6-10H2,(H,15,16). The van der Waals surface area contributed by atoms with Crippen LogP contribution in [-0.4, -0.2) is 49.6 Å². The molecule has 1 atom stereocenters. The van der Waals surface area contributed by atoms with Gasteiger partial charge in [0.25, 0.3) is 0 Å². The number of ether oxygens (including phenoxy) is 1. The lowest BCUT2D eigenvalue weighted by Crippen LogP contribution is -2.46. The van der Waals surface area contributed by atoms with E-state index in [1.807, 2.05) is 6.07 Å². The molecule has 1 fully saturated rings. The lowest BCUT2D eigenvalue weighted by Gasteiger charge is -2.31. The smallest absolute Gasteiger partial charge is 0.306 e. The summed E-state index contributed by atoms with van der Waals surface area (Å²) in [6, 6.07) is 8.92. The van der Waals surface area contributed by atoms with E-state index in [1.54, 1.807) is 24.3 Å². The van der Waals surface area contributed by atoms with Crippen LogP contribution in [0.4, 0.5) is 0 Å². The highest BCUT2D eigenvalue weighted by atomic mass is 32.2. The molecule has 110 valence electrons. The van der Waals surface area contributed by atoms with Crippen LogP contribution in [0.3, 0.4) is 0 Å². The second-order valence-electron chi connectivity index (χ2n) is 4.69. The predicted molar refractivity (Wildman–Crippen MR) is 72.6 cm³/mol. The molecule has 0 aliphatic carbocycles. The van der Waals surface area contributed by atoms with Gasteiger partial charge in [0.15, 0.2) is 0 Å². The van der Waals surface area contributed by atoms with Crippen molar-refractivity contribution < 1.29 is 23.1 Å². The van der Waals surface area contributed by atoms with Crippen molar-refractivity contribution in [1.29, 1.82) is 0 Å². The number of carbonyl (C=O) groups is 1. The van der Waals surface area contributed by atoms with Gasteiger partial charge in [0.1, 0.15) is 0 Å². The van der Waals surface area contributed by atoms with Crippen LogP contribution >= 0.6 is 0 Å². The Kier molecular flexibility index (Phi) is 4.74. The van der Waals surface area contributed by atoms with Gasteiger partial charge in [-0.05, 0) is 5.56 Å². The number of hydrogen-bond acceptors (Lipinski definition) is 4. The molecule has 1 N–H and O–H groups in total. The minimum Gasteiger partial charge on any atom is -0.481 e. The van der Waals surface area contributed by atoms with E-state index in [4.69, 9.17) is 9.84 Å². The van der Waals surface area contributed by atoms with E-state index in [2.05, 4.69) is 0 Å². The molecule has 6 nitrogen and oxygen atoms in total. The van der Waals surface area contributed by atoms with Gasteiger partial charge in [0.2, 0.25) is 10.0 Å². The van der Waals surface area contributed by atoms with Gasteiger partial charge < -0.3 is 9.84 Å². The average Bonchev–Trinajstić information content (AvgIpc) is 2.39.